The summed E-state index contributed by atoms with van der Waals surface area (Å²) >= 11 is 0. The van der Waals surface area contributed by atoms with Crippen LogP contribution in [0.3, 0.4) is 0 Å². The van der Waals surface area contributed by atoms with E-state index in [1.165, 1.54) is 5.56 Å². The first-order valence-corrected chi connectivity index (χ1v) is 4.75. The van der Waals surface area contributed by atoms with Crippen molar-refractivity contribution in [2.75, 3.05) is 13.1 Å². The Bertz CT molecular complexity index is 326. The van der Waals surface area contributed by atoms with Crippen molar-refractivity contribution in [3.05, 3.63) is 34.2 Å². The van der Waals surface area contributed by atoms with E-state index in [1.54, 1.807) is 12.3 Å². The fraction of sp³-hybridized carbons (Fsp3) is 0.500. The third kappa shape index (κ3) is 1.98. The highest BCUT2D eigenvalue weighted by molar-refractivity contribution is 5.16. The van der Waals surface area contributed by atoms with Crippen molar-refractivity contribution in [2.24, 2.45) is 0 Å². The highest BCUT2D eigenvalue weighted by Crippen LogP contribution is 2.23. The fourth-order valence-electron chi connectivity index (χ4n) is 1.87. The lowest BCUT2D eigenvalue weighted by atomic mass is 9.91. The van der Waals surface area contributed by atoms with Crippen LogP contribution in [0.25, 0.3) is 0 Å². The number of nitrogens with one attached hydrogen (secondary N) is 2. The van der Waals surface area contributed by atoms with Crippen LogP contribution in [0.2, 0.25) is 0 Å². The highest BCUT2D eigenvalue weighted by Gasteiger charge is 2.14. The molecule has 0 amide bonds. The monoisotopic (exact) mass is 178 g/mol. The van der Waals surface area contributed by atoms with Gasteiger partial charge in [0.15, 0.2) is 0 Å². The molecule has 1 aliphatic heterocycles. The van der Waals surface area contributed by atoms with E-state index < -0.39 is 0 Å². The molecule has 0 bridgehead atoms. The number of hydrogen-bond acceptors (Lipinski definition) is 2. The molecule has 1 saturated heterocycles. The van der Waals surface area contributed by atoms with E-state index in [1.807, 2.05) is 6.07 Å². The van der Waals surface area contributed by atoms with Gasteiger partial charge in [0, 0.05) is 12.3 Å². The van der Waals surface area contributed by atoms with E-state index in [0.29, 0.717) is 5.92 Å². The molecule has 2 heterocycles. The Kier molecular flexibility index (Phi) is 2.45. The largest absolute Gasteiger partial charge is 0.329 e. The summed E-state index contributed by atoms with van der Waals surface area (Å²) in [5, 5.41) is 3.31. The van der Waals surface area contributed by atoms with Crippen LogP contribution in [-0.4, -0.2) is 18.1 Å². The van der Waals surface area contributed by atoms with Crippen molar-refractivity contribution in [1.29, 1.82) is 0 Å². The molecule has 1 fully saturated rings. The summed E-state index contributed by atoms with van der Waals surface area (Å²) in [7, 11) is 0. The number of aromatic nitrogens is 1. The van der Waals surface area contributed by atoms with Crippen molar-refractivity contribution in [3.63, 3.8) is 0 Å². The topological polar surface area (TPSA) is 44.9 Å². The summed E-state index contributed by atoms with van der Waals surface area (Å²) in [6, 6.07) is 3.73. The van der Waals surface area contributed by atoms with Crippen LogP contribution < -0.4 is 10.9 Å². The van der Waals surface area contributed by atoms with E-state index in [-0.39, 0.29) is 5.56 Å². The van der Waals surface area contributed by atoms with Gasteiger partial charge in [0.25, 0.3) is 0 Å². The Morgan fingerprint density at radius 3 is 2.77 bits per heavy atom. The second-order valence-corrected chi connectivity index (χ2v) is 3.51. The van der Waals surface area contributed by atoms with Gasteiger partial charge < -0.3 is 10.3 Å². The molecule has 0 radical (unpaired) electrons. The lowest BCUT2D eigenvalue weighted by Gasteiger charge is -2.22. The van der Waals surface area contributed by atoms with Gasteiger partial charge in [-0.1, -0.05) is 0 Å². The molecule has 0 unspecified atom stereocenters. The minimum absolute atomic E-state index is 0.0102. The van der Waals surface area contributed by atoms with Crippen molar-refractivity contribution >= 4 is 0 Å². The van der Waals surface area contributed by atoms with Crippen LogP contribution in [0.1, 0.15) is 24.3 Å². The van der Waals surface area contributed by atoms with Gasteiger partial charge in [0.2, 0.25) is 5.56 Å². The minimum atomic E-state index is 0.0102. The third-order valence-electron chi connectivity index (χ3n) is 2.61. The van der Waals surface area contributed by atoms with Gasteiger partial charge in [-0.25, -0.2) is 0 Å². The lowest BCUT2D eigenvalue weighted by molar-refractivity contribution is 0.460. The Labute approximate surface area is 77.2 Å². The van der Waals surface area contributed by atoms with E-state index in [4.69, 9.17) is 0 Å². The zero-order valence-corrected chi connectivity index (χ0v) is 7.55. The normalized spacial score (nSPS) is 18.8. The average molecular weight is 178 g/mol. The van der Waals surface area contributed by atoms with Gasteiger partial charge in [-0.3, -0.25) is 4.79 Å². The van der Waals surface area contributed by atoms with Gasteiger partial charge in [0.1, 0.15) is 0 Å². The molecule has 13 heavy (non-hydrogen) atoms. The lowest BCUT2D eigenvalue weighted by Crippen LogP contribution is -2.27. The van der Waals surface area contributed by atoms with Crippen LogP contribution in [0.5, 0.6) is 0 Å². The summed E-state index contributed by atoms with van der Waals surface area (Å²) < 4.78 is 0. The fourth-order valence-corrected chi connectivity index (χ4v) is 1.87. The van der Waals surface area contributed by atoms with Gasteiger partial charge in [-0.15, -0.1) is 0 Å². The minimum Gasteiger partial charge on any atom is -0.329 e. The van der Waals surface area contributed by atoms with E-state index in [0.717, 1.165) is 25.9 Å². The second-order valence-electron chi connectivity index (χ2n) is 3.51. The molecule has 1 aliphatic rings. The summed E-state index contributed by atoms with van der Waals surface area (Å²) in [5.74, 6) is 0.573. The maximum Gasteiger partial charge on any atom is 0.248 e. The highest BCUT2D eigenvalue weighted by atomic mass is 16.1. The summed E-state index contributed by atoms with van der Waals surface area (Å²) in [4.78, 5) is 13.7. The van der Waals surface area contributed by atoms with Crippen LogP contribution in [0.15, 0.2) is 23.1 Å². The Balaban J connectivity index is 2.19. The average Bonchev–Trinajstić information content (AvgIpc) is 2.19. The standard InChI is InChI=1S/C10H14N2O/c13-10-7-9(3-6-12-10)8-1-4-11-5-2-8/h3,6-8,11H,1-2,4-5H2,(H,12,13). The number of pyridine rings is 1. The van der Waals surface area contributed by atoms with Crippen molar-refractivity contribution in [3.8, 4) is 0 Å². The SMILES string of the molecule is O=c1cc(C2CCNCC2)cc[nH]1. The molecule has 3 nitrogen and oxygen atoms in total. The van der Waals surface area contributed by atoms with Crippen molar-refractivity contribution < 1.29 is 0 Å². The Morgan fingerprint density at radius 2 is 2.08 bits per heavy atom. The molecule has 1 aromatic heterocycles. The molecule has 3 heteroatoms. The van der Waals surface area contributed by atoms with E-state index >= 15 is 0 Å². The number of hydrogen-bond donors (Lipinski definition) is 2. The smallest absolute Gasteiger partial charge is 0.248 e. The molecule has 1 aromatic rings. The summed E-state index contributed by atoms with van der Waals surface area (Å²) in [6.07, 6.45) is 4.02. The first kappa shape index (κ1) is 8.51. The first-order valence-electron chi connectivity index (χ1n) is 4.75. The predicted molar refractivity (Wildman–Crippen MR) is 51.9 cm³/mol. The molecule has 70 valence electrons. The summed E-state index contributed by atoms with van der Waals surface area (Å²) in [5.41, 5.74) is 1.20. The van der Waals surface area contributed by atoms with Gasteiger partial charge in [0.05, 0.1) is 0 Å². The molecule has 0 atom stereocenters. The molecular weight excluding hydrogens is 164 g/mol. The number of rotatable bonds is 1. The van der Waals surface area contributed by atoms with E-state index in [9.17, 15) is 4.79 Å². The zero-order valence-electron chi connectivity index (χ0n) is 7.55. The first-order chi connectivity index (χ1) is 6.36. The van der Waals surface area contributed by atoms with E-state index in [2.05, 4.69) is 10.3 Å². The van der Waals surface area contributed by atoms with Gasteiger partial charge >= 0.3 is 0 Å². The van der Waals surface area contributed by atoms with Crippen LogP contribution >= 0.6 is 0 Å². The second kappa shape index (κ2) is 3.75. The predicted octanol–water partition coefficient (Wildman–Crippen LogP) is 0.842. The number of H-pyrrole nitrogens is 1. The third-order valence-corrected chi connectivity index (χ3v) is 2.61. The maximum atomic E-state index is 11.1. The molecule has 0 spiro atoms. The summed E-state index contributed by atoms with van der Waals surface area (Å²) in [6.45, 7) is 2.13. The number of piperidine rings is 1. The Morgan fingerprint density at radius 1 is 1.31 bits per heavy atom. The van der Waals surface area contributed by atoms with Crippen molar-refractivity contribution in [1.82, 2.24) is 10.3 Å². The maximum absolute atomic E-state index is 11.1. The Hall–Kier alpha value is -1.09. The van der Waals surface area contributed by atoms with Crippen molar-refractivity contribution in [2.45, 2.75) is 18.8 Å². The van der Waals surface area contributed by atoms with Gasteiger partial charge in [-0.2, -0.15) is 0 Å². The van der Waals surface area contributed by atoms with Crippen LogP contribution in [0, 0.1) is 0 Å². The zero-order chi connectivity index (χ0) is 9.10. The molecular formula is C10H14N2O. The molecule has 0 saturated carbocycles. The molecule has 0 aliphatic carbocycles. The van der Waals surface area contributed by atoms with Crippen LogP contribution in [0.4, 0.5) is 0 Å². The molecule has 2 N–H and O–H groups in total. The number of aromatic amines is 1. The quantitative estimate of drug-likeness (QED) is 0.669. The van der Waals surface area contributed by atoms with Gasteiger partial charge in [-0.05, 0) is 43.5 Å². The van der Waals surface area contributed by atoms with Crippen LogP contribution in [-0.2, 0) is 0 Å². The molecule has 2 rings (SSSR count). The molecule has 0 aromatic carbocycles.